The van der Waals surface area contributed by atoms with Crippen LogP contribution in [0.1, 0.15) is 38.7 Å². The molecule has 0 saturated carbocycles. The zero-order valence-corrected chi connectivity index (χ0v) is 17.9. The molecular formula is C19H29ClN4O3S. The first-order valence-electron chi connectivity index (χ1n) is 9.51. The lowest BCUT2D eigenvalue weighted by molar-refractivity contribution is -0.126. The Morgan fingerprint density at radius 3 is 2.54 bits per heavy atom. The first-order valence-corrected chi connectivity index (χ1v) is 11.0. The quantitative estimate of drug-likeness (QED) is 0.743. The Kier molecular flexibility index (Phi) is 7.47. The summed E-state index contributed by atoms with van der Waals surface area (Å²) < 4.78 is 28.4. The predicted molar refractivity (Wildman–Crippen MR) is 112 cm³/mol. The average molecular weight is 429 g/mol. The molecule has 1 aromatic carbocycles. The van der Waals surface area contributed by atoms with Gasteiger partial charge < -0.3 is 16.0 Å². The number of hydrogen-bond donors (Lipinski definition) is 2. The number of benzene rings is 1. The van der Waals surface area contributed by atoms with Crippen LogP contribution in [0.2, 0.25) is 0 Å². The fourth-order valence-electron chi connectivity index (χ4n) is 3.77. The number of nitrogens with one attached hydrogen (secondary N) is 1. The highest BCUT2D eigenvalue weighted by Gasteiger charge is 2.34. The van der Waals surface area contributed by atoms with E-state index >= 15 is 0 Å². The third-order valence-electron chi connectivity index (χ3n) is 5.16. The topological polar surface area (TPSA) is 105 Å². The minimum Gasteiger partial charge on any atom is -0.355 e. The van der Waals surface area contributed by atoms with Gasteiger partial charge in [-0.1, -0.05) is 26.0 Å². The second-order valence-corrected chi connectivity index (χ2v) is 9.29. The van der Waals surface area contributed by atoms with Crippen LogP contribution in [-0.4, -0.2) is 50.7 Å². The van der Waals surface area contributed by atoms with E-state index in [1.54, 1.807) is 18.2 Å². The van der Waals surface area contributed by atoms with Crippen molar-refractivity contribution in [1.29, 1.82) is 0 Å². The maximum absolute atomic E-state index is 12.6. The summed E-state index contributed by atoms with van der Waals surface area (Å²) >= 11 is 0. The van der Waals surface area contributed by atoms with Crippen molar-refractivity contribution in [3.8, 4) is 0 Å². The number of piperidine rings is 1. The van der Waals surface area contributed by atoms with Gasteiger partial charge in [0, 0.05) is 37.2 Å². The van der Waals surface area contributed by atoms with E-state index in [0.29, 0.717) is 49.8 Å². The summed E-state index contributed by atoms with van der Waals surface area (Å²) in [5.41, 5.74) is 6.43. The van der Waals surface area contributed by atoms with Gasteiger partial charge in [0.25, 0.3) is 10.0 Å². The molecule has 2 aliphatic rings. The SMILES string of the molecule is CC(C)CC(CN)NC(=O)C1CCN(C2=NS(=O)(=O)c3ccccc32)CC1.Cl. The second-order valence-electron chi connectivity index (χ2n) is 7.72. The van der Waals surface area contributed by atoms with Crippen LogP contribution < -0.4 is 11.1 Å². The van der Waals surface area contributed by atoms with Crippen molar-refractivity contribution in [1.82, 2.24) is 10.2 Å². The van der Waals surface area contributed by atoms with Crippen molar-refractivity contribution in [2.24, 2.45) is 22.0 Å². The summed E-state index contributed by atoms with van der Waals surface area (Å²) in [6.45, 7) is 5.88. The third-order valence-corrected chi connectivity index (χ3v) is 6.49. The molecule has 2 heterocycles. The molecule has 1 atom stereocenters. The van der Waals surface area contributed by atoms with Gasteiger partial charge in [-0.15, -0.1) is 16.8 Å². The molecule has 28 heavy (non-hydrogen) atoms. The Bertz CT molecular complexity index is 833. The molecule has 3 rings (SSSR count). The van der Waals surface area contributed by atoms with Crippen LogP contribution in [0.3, 0.4) is 0 Å². The number of nitrogens with zero attached hydrogens (tertiary/aromatic N) is 2. The molecule has 1 fully saturated rings. The number of carbonyl (C=O) groups is 1. The van der Waals surface area contributed by atoms with Gasteiger partial charge in [-0.2, -0.15) is 8.42 Å². The molecule has 1 unspecified atom stereocenters. The highest BCUT2D eigenvalue weighted by atomic mass is 35.5. The average Bonchev–Trinajstić information content (AvgIpc) is 2.92. The summed E-state index contributed by atoms with van der Waals surface area (Å²) in [6.07, 6.45) is 2.21. The number of nitrogens with two attached hydrogens (primary N) is 1. The first-order chi connectivity index (χ1) is 12.8. The van der Waals surface area contributed by atoms with Crippen molar-refractivity contribution >= 4 is 34.2 Å². The number of carbonyl (C=O) groups excluding carboxylic acids is 1. The summed E-state index contributed by atoms with van der Waals surface area (Å²) in [4.78, 5) is 14.8. The normalized spacial score (nSPS) is 19.6. The number of halogens is 1. The number of fused-ring (bicyclic) bond motifs is 1. The van der Waals surface area contributed by atoms with Gasteiger partial charge in [-0.3, -0.25) is 4.79 Å². The maximum Gasteiger partial charge on any atom is 0.285 e. The van der Waals surface area contributed by atoms with E-state index in [1.807, 2.05) is 11.0 Å². The highest BCUT2D eigenvalue weighted by Crippen LogP contribution is 2.29. The number of amidine groups is 1. The van der Waals surface area contributed by atoms with Crippen LogP contribution in [-0.2, 0) is 14.8 Å². The maximum atomic E-state index is 12.6. The molecular weight excluding hydrogens is 400 g/mol. The summed E-state index contributed by atoms with van der Waals surface area (Å²) in [5, 5.41) is 3.07. The predicted octanol–water partition coefficient (Wildman–Crippen LogP) is 1.76. The van der Waals surface area contributed by atoms with Crippen LogP contribution in [0.25, 0.3) is 0 Å². The molecule has 1 amide bonds. The van der Waals surface area contributed by atoms with Gasteiger partial charge in [-0.25, -0.2) is 0 Å². The molecule has 0 spiro atoms. The smallest absolute Gasteiger partial charge is 0.285 e. The summed E-state index contributed by atoms with van der Waals surface area (Å²) in [5.74, 6) is 0.954. The van der Waals surface area contributed by atoms with Crippen LogP contribution in [0.15, 0.2) is 33.6 Å². The highest BCUT2D eigenvalue weighted by molar-refractivity contribution is 7.90. The fraction of sp³-hybridized carbons (Fsp3) is 0.579. The van der Waals surface area contributed by atoms with E-state index in [2.05, 4.69) is 23.6 Å². The number of likely N-dealkylation sites (tertiary alicyclic amines) is 1. The zero-order chi connectivity index (χ0) is 19.6. The van der Waals surface area contributed by atoms with Gasteiger partial charge in [0.15, 0.2) is 5.84 Å². The summed E-state index contributed by atoms with van der Waals surface area (Å²) in [6, 6.07) is 6.90. The Morgan fingerprint density at radius 1 is 1.29 bits per heavy atom. The molecule has 156 valence electrons. The number of rotatable bonds is 5. The molecule has 3 N–H and O–H groups in total. The van der Waals surface area contributed by atoms with Gasteiger partial charge in [0.2, 0.25) is 5.91 Å². The monoisotopic (exact) mass is 428 g/mol. The van der Waals surface area contributed by atoms with Crippen molar-refractivity contribution < 1.29 is 13.2 Å². The van der Waals surface area contributed by atoms with Gasteiger partial charge in [0.1, 0.15) is 4.90 Å². The lowest BCUT2D eigenvalue weighted by Crippen LogP contribution is -2.47. The number of amides is 1. The van der Waals surface area contributed by atoms with Crippen molar-refractivity contribution in [3.63, 3.8) is 0 Å². The number of hydrogen-bond acceptors (Lipinski definition) is 5. The summed E-state index contributed by atoms with van der Waals surface area (Å²) in [7, 11) is -3.61. The second kappa shape index (κ2) is 9.24. The molecule has 1 saturated heterocycles. The molecule has 7 nitrogen and oxygen atoms in total. The van der Waals surface area contributed by atoms with Crippen LogP contribution in [0, 0.1) is 11.8 Å². The van der Waals surface area contributed by atoms with Crippen LogP contribution in [0.5, 0.6) is 0 Å². The fourth-order valence-corrected chi connectivity index (χ4v) is 5.00. The molecule has 0 aliphatic carbocycles. The van der Waals surface area contributed by atoms with E-state index in [9.17, 15) is 13.2 Å². The number of sulfonamides is 1. The van der Waals surface area contributed by atoms with E-state index in [-0.39, 0.29) is 35.2 Å². The minimum atomic E-state index is -3.61. The Hall–Kier alpha value is -1.64. The molecule has 2 aliphatic heterocycles. The van der Waals surface area contributed by atoms with Crippen molar-refractivity contribution in [2.75, 3.05) is 19.6 Å². The lowest BCUT2D eigenvalue weighted by Gasteiger charge is -2.33. The molecule has 1 aromatic rings. The van der Waals surface area contributed by atoms with Gasteiger partial charge >= 0.3 is 0 Å². The lowest BCUT2D eigenvalue weighted by atomic mass is 9.94. The van der Waals surface area contributed by atoms with E-state index in [4.69, 9.17) is 5.73 Å². The molecule has 0 aromatic heterocycles. The van der Waals surface area contributed by atoms with E-state index in [1.165, 1.54) is 0 Å². The first kappa shape index (κ1) is 22.6. The third kappa shape index (κ3) is 4.85. The Balaban J connectivity index is 0.00000280. The van der Waals surface area contributed by atoms with Crippen LogP contribution in [0.4, 0.5) is 0 Å². The molecule has 9 heteroatoms. The molecule has 0 radical (unpaired) electrons. The standard InChI is InChI=1S/C19H28N4O3S.ClH/c1-13(2)11-15(12-20)21-19(24)14-7-9-23(10-8-14)18-16-5-3-4-6-17(16)27(25,26)22-18;/h3-6,13-15H,7-12,20H2,1-2H3,(H,21,24);1H. The van der Waals surface area contributed by atoms with Crippen LogP contribution >= 0.6 is 12.4 Å². The van der Waals surface area contributed by atoms with Crippen molar-refractivity contribution in [3.05, 3.63) is 29.8 Å². The van der Waals surface area contributed by atoms with Gasteiger partial charge in [0.05, 0.1) is 0 Å². The van der Waals surface area contributed by atoms with E-state index in [0.717, 1.165) is 6.42 Å². The molecule has 0 bridgehead atoms. The Labute approximate surface area is 173 Å². The van der Waals surface area contributed by atoms with Gasteiger partial charge in [-0.05, 0) is 37.3 Å². The zero-order valence-electron chi connectivity index (χ0n) is 16.3. The largest absolute Gasteiger partial charge is 0.355 e. The minimum absolute atomic E-state index is 0. The Morgan fingerprint density at radius 2 is 1.93 bits per heavy atom. The van der Waals surface area contributed by atoms with E-state index < -0.39 is 10.0 Å². The van der Waals surface area contributed by atoms with Crippen molar-refractivity contribution in [2.45, 2.75) is 44.0 Å².